The first-order chi connectivity index (χ1) is 14.4. The average molecular weight is 427 g/mol. The molecule has 4 rings (SSSR count). The maximum Gasteiger partial charge on any atom is 0.302 e. The van der Waals surface area contributed by atoms with E-state index >= 15 is 0 Å². The number of esters is 1. The summed E-state index contributed by atoms with van der Waals surface area (Å²) >= 11 is 0. The molecular weight excluding hydrogens is 400 g/mol. The van der Waals surface area contributed by atoms with Crippen molar-refractivity contribution in [3.8, 4) is 11.3 Å². The number of hydrogen-bond acceptors (Lipinski definition) is 4. The fraction of sp³-hybridized carbons (Fsp3) is 0.348. The molecule has 1 saturated carbocycles. The minimum absolute atomic E-state index is 0.0480. The number of nitrogens with two attached hydrogens (primary N) is 1. The van der Waals surface area contributed by atoms with Crippen molar-refractivity contribution in [1.29, 1.82) is 0 Å². The number of nitrogens with one attached hydrogen (secondary N) is 1. The highest BCUT2D eigenvalue weighted by Gasteiger charge is 2.28. The highest BCUT2D eigenvalue weighted by atomic mass is 32.2. The van der Waals surface area contributed by atoms with Crippen LogP contribution in [-0.4, -0.2) is 19.4 Å². The molecule has 3 aromatic rings. The van der Waals surface area contributed by atoms with E-state index in [4.69, 9.17) is 9.88 Å². The number of para-hydroxylation sites is 1. The molecule has 6 nitrogen and oxygen atoms in total. The van der Waals surface area contributed by atoms with Crippen LogP contribution in [0.25, 0.3) is 22.2 Å². The highest BCUT2D eigenvalue weighted by Crippen LogP contribution is 2.41. The Balaban J connectivity index is 1.95. The molecule has 3 N–H and O–H groups in total. The number of carbonyl (C=O) groups excluding carboxylic acids is 1. The highest BCUT2D eigenvalue weighted by molar-refractivity contribution is 7.89. The van der Waals surface area contributed by atoms with Crippen LogP contribution in [0.4, 0.5) is 0 Å². The molecule has 0 aliphatic heterocycles. The first-order valence-electron chi connectivity index (χ1n) is 10.3. The summed E-state index contributed by atoms with van der Waals surface area (Å²) < 4.78 is 30.8. The summed E-state index contributed by atoms with van der Waals surface area (Å²) in [5.41, 5.74) is 3.52. The summed E-state index contributed by atoms with van der Waals surface area (Å²) in [4.78, 5) is 15.0. The SMILES string of the molecule is CC(=O)OCc1c(-c2cccc(C3CCCCC3)c2S(N)(=O)=O)[nH]c2ccccc12. The van der Waals surface area contributed by atoms with Crippen LogP contribution in [0, 0.1) is 0 Å². The Hall–Kier alpha value is -2.64. The molecule has 1 aromatic heterocycles. The van der Waals surface area contributed by atoms with E-state index in [-0.39, 0.29) is 17.4 Å². The van der Waals surface area contributed by atoms with E-state index in [0.29, 0.717) is 11.3 Å². The lowest BCUT2D eigenvalue weighted by atomic mass is 9.83. The Morgan fingerprint density at radius 3 is 2.53 bits per heavy atom. The van der Waals surface area contributed by atoms with E-state index in [0.717, 1.165) is 47.7 Å². The van der Waals surface area contributed by atoms with Crippen molar-refractivity contribution in [3.63, 3.8) is 0 Å². The Kier molecular flexibility index (Phi) is 5.66. The standard InChI is InChI=1S/C23H26N2O4S/c1-15(26)29-14-20-18-10-5-6-13-21(18)25-22(20)19-12-7-11-17(23(19)30(24,27)28)16-8-3-2-4-9-16/h5-7,10-13,16,25H,2-4,8-9,14H2,1H3,(H2,24,27,28). The second kappa shape index (κ2) is 8.24. The molecule has 0 bridgehead atoms. The number of fused-ring (bicyclic) bond motifs is 1. The fourth-order valence-corrected chi connectivity index (χ4v) is 5.60. The third-order valence-electron chi connectivity index (χ3n) is 5.88. The monoisotopic (exact) mass is 426 g/mol. The molecule has 7 heteroatoms. The van der Waals surface area contributed by atoms with Crippen LogP contribution < -0.4 is 5.14 Å². The van der Waals surface area contributed by atoms with Gasteiger partial charge in [0.05, 0.1) is 10.6 Å². The molecule has 0 radical (unpaired) electrons. The Labute approximate surface area is 176 Å². The van der Waals surface area contributed by atoms with Crippen molar-refractivity contribution >= 4 is 26.9 Å². The predicted octanol–water partition coefficient (Wildman–Crippen LogP) is 4.59. The van der Waals surface area contributed by atoms with E-state index < -0.39 is 16.0 Å². The van der Waals surface area contributed by atoms with Gasteiger partial charge in [-0.2, -0.15) is 0 Å². The molecular formula is C23H26N2O4S. The van der Waals surface area contributed by atoms with Gasteiger partial charge in [0.25, 0.3) is 0 Å². The van der Waals surface area contributed by atoms with Crippen LogP contribution in [0.3, 0.4) is 0 Å². The number of aromatic nitrogens is 1. The van der Waals surface area contributed by atoms with E-state index in [1.54, 1.807) is 6.07 Å². The lowest BCUT2D eigenvalue weighted by Crippen LogP contribution is -2.18. The van der Waals surface area contributed by atoms with Gasteiger partial charge < -0.3 is 9.72 Å². The lowest BCUT2D eigenvalue weighted by molar-refractivity contribution is -0.142. The fourth-order valence-electron chi connectivity index (χ4n) is 4.56. The number of H-pyrrole nitrogens is 1. The number of ether oxygens (including phenoxy) is 1. The van der Waals surface area contributed by atoms with Crippen molar-refractivity contribution in [3.05, 3.63) is 53.6 Å². The van der Waals surface area contributed by atoms with Gasteiger partial charge in [-0.15, -0.1) is 0 Å². The van der Waals surface area contributed by atoms with Gasteiger partial charge >= 0.3 is 5.97 Å². The number of benzene rings is 2. The van der Waals surface area contributed by atoms with Gasteiger partial charge in [-0.1, -0.05) is 55.7 Å². The summed E-state index contributed by atoms with van der Waals surface area (Å²) in [5, 5.41) is 6.63. The zero-order valence-corrected chi connectivity index (χ0v) is 17.8. The molecule has 2 aromatic carbocycles. The number of carbonyl (C=O) groups is 1. The minimum atomic E-state index is -3.97. The van der Waals surface area contributed by atoms with Crippen LogP contribution in [-0.2, 0) is 26.2 Å². The number of primary sulfonamides is 1. The number of rotatable bonds is 5. The second-order valence-electron chi connectivity index (χ2n) is 7.91. The largest absolute Gasteiger partial charge is 0.461 e. The minimum Gasteiger partial charge on any atom is -0.461 e. The third-order valence-corrected chi connectivity index (χ3v) is 6.90. The second-order valence-corrected chi connectivity index (χ2v) is 9.41. The van der Waals surface area contributed by atoms with Crippen LogP contribution in [0.5, 0.6) is 0 Å². The molecule has 0 saturated heterocycles. The maximum atomic E-state index is 12.8. The molecule has 158 valence electrons. The van der Waals surface area contributed by atoms with Crippen LogP contribution >= 0.6 is 0 Å². The lowest BCUT2D eigenvalue weighted by Gasteiger charge is -2.25. The van der Waals surface area contributed by atoms with E-state index in [9.17, 15) is 13.2 Å². The molecule has 0 unspecified atom stereocenters. The van der Waals surface area contributed by atoms with Crippen molar-refractivity contribution in [2.45, 2.75) is 56.4 Å². The average Bonchev–Trinajstić information content (AvgIpc) is 3.10. The van der Waals surface area contributed by atoms with E-state index in [1.165, 1.54) is 13.3 Å². The molecule has 0 amide bonds. The first kappa shape index (κ1) is 20.6. The maximum absolute atomic E-state index is 12.8. The summed E-state index contributed by atoms with van der Waals surface area (Å²) in [5.74, 6) is -0.220. The van der Waals surface area contributed by atoms with E-state index in [2.05, 4.69) is 4.98 Å². The molecule has 0 spiro atoms. The molecule has 1 aliphatic carbocycles. The van der Waals surface area contributed by atoms with Crippen LogP contribution in [0.15, 0.2) is 47.4 Å². The Morgan fingerprint density at radius 1 is 1.10 bits per heavy atom. The zero-order valence-electron chi connectivity index (χ0n) is 17.0. The third kappa shape index (κ3) is 4.00. The van der Waals surface area contributed by atoms with Gasteiger partial charge in [0.2, 0.25) is 10.0 Å². The van der Waals surface area contributed by atoms with Gasteiger partial charge in [-0.3, -0.25) is 4.79 Å². The van der Waals surface area contributed by atoms with Crippen LogP contribution in [0.2, 0.25) is 0 Å². The van der Waals surface area contributed by atoms with Gasteiger partial charge in [0.1, 0.15) is 6.61 Å². The summed E-state index contributed by atoms with van der Waals surface area (Å²) in [6, 6.07) is 13.2. The molecule has 0 atom stereocenters. The normalized spacial score (nSPS) is 15.4. The van der Waals surface area contributed by atoms with Gasteiger partial charge in [0, 0.05) is 29.0 Å². The summed E-state index contributed by atoms with van der Waals surface area (Å²) in [7, 11) is -3.97. The molecule has 30 heavy (non-hydrogen) atoms. The number of sulfonamides is 1. The van der Waals surface area contributed by atoms with Gasteiger partial charge in [-0.25, -0.2) is 13.6 Å². The summed E-state index contributed by atoms with van der Waals surface area (Å²) in [6.45, 7) is 1.40. The van der Waals surface area contributed by atoms with Gasteiger partial charge in [-0.05, 0) is 30.4 Å². The Bertz CT molecular complexity index is 1190. The van der Waals surface area contributed by atoms with Crippen molar-refractivity contribution < 1.29 is 17.9 Å². The quantitative estimate of drug-likeness (QED) is 0.582. The molecule has 1 heterocycles. The topological polar surface area (TPSA) is 102 Å². The first-order valence-corrected chi connectivity index (χ1v) is 11.8. The number of hydrogen-bond donors (Lipinski definition) is 2. The smallest absolute Gasteiger partial charge is 0.302 e. The van der Waals surface area contributed by atoms with Crippen molar-refractivity contribution in [1.82, 2.24) is 4.98 Å². The zero-order chi connectivity index (χ0) is 21.3. The Morgan fingerprint density at radius 2 is 1.83 bits per heavy atom. The molecule has 1 fully saturated rings. The van der Waals surface area contributed by atoms with Gasteiger partial charge in [0.15, 0.2) is 0 Å². The summed E-state index contributed by atoms with van der Waals surface area (Å²) in [6.07, 6.45) is 5.26. The van der Waals surface area contributed by atoms with E-state index in [1.807, 2.05) is 36.4 Å². The van der Waals surface area contributed by atoms with Crippen molar-refractivity contribution in [2.24, 2.45) is 5.14 Å². The van der Waals surface area contributed by atoms with Crippen LogP contribution in [0.1, 0.15) is 56.1 Å². The number of aromatic amines is 1. The predicted molar refractivity (Wildman–Crippen MR) is 116 cm³/mol. The van der Waals surface area contributed by atoms with Crippen molar-refractivity contribution in [2.75, 3.05) is 0 Å². The molecule has 1 aliphatic rings.